The van der Waals surface area contributed by atoms with Crippen molar-refractivity contribution in [1.29, 1.82) is 0 Å². The molecular formula is C33H49F3N4O6. The molecule has 10 nitrogen and oxygen atoms in total. The van der Waals surface area contributed by atoms with Gasteiger partial charge in [0.1, 0.15) is 12.1 Å². The first-order valence-electron chi connectivity index (χ1n) is 16.4. The van der Waals surface area contributed by atoms with E-state index in [-0.39, 0.29) is 30.5 Å². The second kappa shape index (κ2) is 16.0. The largest absolute Gasteiger partial charge is 0.490 e. The highest BCUT2D eigenvalue weighted by atomic mass is 19.4. The molecule has 1 spiro atoms. The van der Waals surface area contributed by atoms with Crippen LogP contribution in [0, 0.1) is 13.8 Å². The van der Waals surface area contributed by atoms with Crippen LogP contribution in [0.4, 0.5) is 18.0 Å². The highest BCUT2D eigenvalue weighted by Crippen LogP contribution is 2.42. The van der Waals surface area contributed by atoms with E-state index < -0.39 is 17.7 Å². The molecule has 3 amide bonds. The first kappa shape index (κ1) is 37.1. The third kappa shape index (κ3) is 8.71. The minimum Gasteiger partial charge on any atom is -0.475 e. The Morgan fingerprint density at radius 2 is 1.54 bits per heavy atom. The minimum atomic E-state index is -5.08. The number of hydrogen-bond acceptors (Lipinski definition) is 6. The van der Waals surface area contributed by atoms with Crippen molar-refractivity contribution >= 4 is 23.9 Å². The van der Waals surface area contributed by atoms with E-state index in [9.17, 15) is 27.6 Å². The van der Waals surface area contributed by atoms with E-state index in [2.05, 4.69) is 11.8 Å². The highest BCUT2D eigenvalue weighted by molar-refractivity contribution is 5.97. The summed E-state index contributed by atoms with van der Waals surface area (Å²) in [6, 6.07) is 6.42. The first-order chi connectivity index (χ1) is 21.7. The summed E-state index contributed by atoms with van der Waals surface area (Å²) in [6.45, 7) is 14.8. The lowest BCUT2D eigenvalue weighted by Crippen LogP contribution is -2.56. The molecule has 13 heteroatoms. The molecule has 1 N–H and O–H groups in total. The van der Waals surface area contributed by atoms with E-state index in [1.165, 1.54) is 0 Å². The van der Waals surface area contributed by atoms with Crippen molar-refractivity contribution in [3.8, 4) is 0 Å². The topological polar surface area (TPSA) is 111 Å². The molecular weight excluding hydrogens is 605 g/mol. The molecule has 258 valence electrons. The minimum absolute atomic E-state index is 0.00451. The van der Waals surface area contributed by atoms with Gasteiger partial charge in [-0.25, -0.2) is 9.59 Å². The molecule has 0 radical (unpaired) electrons. The van der Waals surface area contributed by atoms with E-state index in [1.54, 1.807) is 9.80 Å². The quantitative estimate of drug-likeness (QED) is 0.387. The van der Waals surface area contributed by atoms with Gasteiger partial charge in [0.15, 0.2) is 0 Å². The Bertz CT molecular complexity index is 1200. The molecule has 3 heterocycles. The van der Waals surface area contributed by atoms with Crippen LogP contribution in [-0.4, -0.2) is 118 Å². The monoisotopic (exact) mass is 654 g/mol. The smallest absolute Gasteiger partial charge is 0.475 e. The molecule has 3 aliphatic heterocycles. The third-order valence-electron chi connectivity index (χ3n) is 9.61. The van der Waals surface area contributed by atoms with Crippen LogP contribution in [0.5, 0.6) is 0 Å². The highest BCUT2D eigenvalue weighted by Gasteiger charge is 2.55. The molecule has 1 aromatic carbocycles. The molecule has 3 saturated heterocycles. The van der Waals surface area contributed by atoms with Crippen LogP contribution in [0.25, 0.3) is 0 Å². The van der Waals surface area contributed by atoms with Gasteiger partial charge in [-0.05, 0) is 58.1 Å². The number of aliphatic carboxylic acids is 1. The fourth-order valence-electron chi connectivity index (χ4n) is 6.97. The van der Waals surface area contributed by atoms with Gasteiger partial charge in [0.05, 0.1) is 6.04 Å². The van der Waals surface area contributed by atoms with Gasteiger partial charge in [-0.2, -0.15) is 13.2 Å². The number of unbranched alkanes of at least 4 members (excludes halogenated alkanes) is 1. The fourth-order valence-corrected chi connectivity index (χ4v) is 6.97. The number of aryl methyl sites for hydroxylation is 2. The molecule has 1 unspecified atom stereocenters. The van der Waals surface area contributed by atoms with Gasteiger partial charge in [0, 0.05) is 63.7 Å². The molecule has 1 atom stereocenters. The number of amides is 3. The predicted molar refractivity (Wildman–Crippen MR) is 166 cm³/mol. The second-order valence-corrected chi connectivity index (χ2v) is 12.4. The van der Waals surface area contributed by atoms with Gasteiger partial charge < -0.3 is 19.6 Å². The number of likely N-dealkylation sites (tertiary alicyclic amines) is 2. The normalized spacial score (nSPS) is 20.3. The van der Waals surface area contributed by atoms with Crippen molar-refractivity contribution in [2.24, 2.45) is 0 Å². The Kier molecular flexibility index (Phi) is 12.9. The van der Waals surface area contributed by atoms with Gasteiger partial charge >= 0.3 is 18.2 Å². The van der Waals surface area contributed by atoms with Gasteiger partial charge in [0.2, 0.25) is 5.91 Å². The number of likely N-dealkylation sites (N-methyl/N-ethyl adjacent to an activating group) is 1. The Morgan fingerprint density at radius 3 is 2.02 bits per heavy atom. The Balaban J connectivity index is 0.000000738. The van der Waals surface area contributed by atoms with Crippen LogP contribution < -0.4 is 0 Å². The van der Waals surface area contributed by atoms with Crippen molar-refractivity contribution in [3.63, 3.8) is 0 Å². The number of alkyl halides is 3. The number of piperidine rings is 2. The number of ether oxygens (including phenoxy) is 1. The van der Waals surface area contributed by atoms with E-state index in [1.807, 2.05) is 50.8 Å². The molecule has 0 saturated carbocycles. The number of rotatable bonds is 9. The maximum Gasteiger partial charge on any atom is 0.490 e. The van der Waals surface area contributed by atoms with Crippen molar-refractivity contribution in [1.82, 2.24) is 19.6 Å². The lowest BCUT2D eigenvalue weighted by molar-refractivity contribution is -0.192. The van der Waals surface area contributed by atoms with Crippen LogP contribution in [0.1, 0.15) is 87.2 Å². The zero-order valence-corrected chi connectivity index (χ0v) is 27.7. The molecule has 3 fully saturated rings. The zero-order valence-electron chi connectivity index (χ0n) is 27.7. The summed E-state index contributed by atoms with van der Waals surface area (Å²) in [4.78, 5) is 56.2. The Morgan fingerprint density at radius 1 is 1.00 bits per heavy atom. The SMILES string of the molecule is CCCCC1N(CC(=O)N(CC)CC)C(=O)OC12CCN(C1CCN(C(=O)c3c(C)cccc3C)CC1)CC2.O=C(O)C(F)(F)F. The number of carbonyl (C=O) groups is 4. The van der Waals surface area contributed by atoms with Crippen molar-refractivity contribution in [2.45, 2.75) is 103 Å². The summed E-state index contributed by atoms with van der Waals surface area (Å²) >= 11 is 0. The van der Waals surface area contributed by atoms with Crippen molar-refractivity contribution < 1.29 is 42.2 Å². The predicted octanol–water partition coefficient (Wildman–Crippen LogP) is 5.26. The van der Waals surface area contributed by atoms with E-state index in [4.69, 9.17) is 14.6 Å². The maximum absolute atomic E-state index is 13.3. The summed E-state index contributed by atoms with van der Waals surface area (Å²) in [5.41, 5.74) is 2.42. The summed E-state index contributed by atoms with van der Waals surface area (Å²) in [5.74, 6) is -2.61. The second-order valence-electron chi connectivity index (χ2n) is 12.4. The average molecular weight is 655 g/mol. The fraction of sp³-hybridized carbons (Fsp3) is 0.697. The number of hydrogen-bond donors (Lipinski definition) is 1. The van der Waals surface area contributed by atoms with E-state index >= 15 is 0 Å². The molecule has 0 bridgehead atoms. The third-order valence-corrected chi connectivity index (χ3v) is 9.61. The van der Waals surface area contributed by atoms with Crippen LogP contribution in [0.3, 0.4) is 0 Å². The number of carbonyl (C=O) groups excluding carboxylic acids is 3. The Hall–Kier alpha value is -3.35. The average Bonchev–Trinajstić information content (AvgIpc) is 3.25. The number of benzene rings is 1. The van der Waals surface area contributed by atoms with Gasteiger partial charge in [0.25, 0.3) is 5.91 Å². The molecule has 3 aliphatic rings. The van der Waals surface area contributed by atoms with Crippen LogP contribution in [-0.2, 0) is 14.3 Å². The standard InChI is InChI=1S/C31H48N4O4.C2HF3O2/c1-6-9-13-26-31(39-30(38)35(26)22-27(36)32(7-2)8-3)16-20-33(21-17-31)25-14-18-34(19-15-25)29(37)28-23(4)11-10-12-24(28)5;3-2(4,5)1(6)7/h10-12,25-26H,6-9,13-22H2,1-5H3;(H,6,7). The molecule has 46 heavy (non-hydrogen) atoms. The van der Waals surface area contributed by atoms with Gasteiger partial charge in [-0.1, -0.05) is 38.0 Å². The molecule has 4 rings (SSSR count). The van der Waals surface area contributed by atoms with Crippen LogP contribution in [0.2, 0.25) is 0 Å². The zero-order chi connectivity index (χ0) is 34.2. The lowest BCUT2D eigenvalue weighted by Gasteiger charge is -2.46. The summed E-state index contributed by atoms with van der Waals surface area (Å²) in [6.07, 6.45) is 1.03. The summed E-state index contributed by atoms with van der Waals surface area (Å²) in [5, 5.41) is 7.12. The summed E-state index contributed by atoms with van der Waals surface area (Å²) < 4.78 is 37.9. The van der Waals surface area contributed by atoms with E-state index in [0.717, 1.165) is 87.8 Å². The number of halogens is 3. The lowest BCUT2D eigenvalue weighted by atomic mass is 9.81. The van der Waals surface area contributed by atoms with Crippen molar-refractivity contribution in [3.05, 3.63) is 34.9 Å². The maximum atomic E-state index is 13.3. The number of nitrogens with zero attached hydrogens (tertiary/aromatic N) is 4. The van der Waals surface area contributed by atoms with Crippen LogP contribution >= 0.6 is 0 Å². The van der Waals surface area contributed by atoms with Gasteiger partial charge in [-0.3, -0.25) is 19.4 Å². The van der Waals surface area contributed by atoms with Crippen molar-refractivity contribution in [2.75, 3.05) is 45.8 Å². The number of carboxylic acid groups (broad SMARTS) is 1. The summed E-state index contributed by atoms with van der Waals surface area (Å²) in [7, 11) is 0. The number of carboxylic acids is 1. The first-order valence-corrected chi connectivity index (χ1v) is 16.4. The molecule has 0 aliphatic carbocycles. The van der Waals surface area contributed by atoms with E-state index in [0.29, 0.717) is 19.1 Å². The van der Waals surface area contributed by atoms with Gasteiger partial charge in [-0.15, -0.1) is 0 Å². The molecule has 1 aromatic rings. The van der Waals surface area contributed by atoms with Crippen LogP contribution in [0.15, 0.2) is 18.2 Å². The molecule has 0 aromatic heterocycles. The Labute approximate surface area is 269 Å².